The monoisotopic (exact) mass is 395 g/mol. The van der Waals surface area contributed by atoms with Crippen LogP contribution >= 0.6 is 0 Å². The van der Waals surface area contributed by atoms with Crippen LogP contribution in [0.2, 0.25) is 0 Å². The third-order valence-corrected chi connectivity index (χ3v) is 4.44. The molecule has 0 aliphatic heterocycles. The molecule has 0 aliphatic carbocycles. The van der Waals surface area contributed by atoms with E-state index in [-0.39, 0.29) is 23.1 Å². The summed E-state index contributed by atoms with van der Waals surface area (Å²) in [4.78, 5) is 27.9. The standard InChI is InChI=1S/C20H17N3O4S/c1-14-4-2-10-22(13-14)18(20(28)21-12-17-5-3-11-27-17)19(24)15-6-8-16(9-7-15)23(25)26/h2-11,13,18H,12H2,1H3/t18-/m1/s1. The highest BCUT2D eigenvalue weighted by Crippen LogP contribution is 2.17. The zero-order valence-corrected chi connectivity index (χ0v) is 15.8. The number of nitrogens with zero attached hydrogens (tertiary/aromatic N) is 3. The van der Waals surface area contributed by atoms with Crippen molar-refractivity contribution in [1.82, 2.24) is 0 Å². The number of aromatic nitrogens is 1. The number of furan rings is 1. The lowest BCUT2D eigenvalue weighted by atomic mass is 10.0. The summed E-state index contributed by atoms with van der Waals surface area (Å²) < 4.78 is 6.96. The highest BCUT2D eigenvalue weighted by atomic mass is 32.1. The third kappa shape index (κ3) is 4.47. The van der Waals surface area contributed by atoms with Crippen LogP contribution in [0.4, 0.5) is 5.69 Å². The number of benzene rings is 1. The van der Waals surface area contributed by atoms with Crippen molar-refractivity contribution >= 4 is 29.1 Å². The first kappa shape index (κ1) is 19.4. The van der Waals surface area contributed by atoms with E-state index in [1.165, 1.54) is 24.3 Å². The molecule has 0 spiro atoms. The second kappa shape index (κ2) is 8.53. The number of hydrogen-bond donors (Lipinski definition) is 0. The van der Waals surface area contributed by atoms with Crippen molar-refractivity contribution in [3.63, 3.8) is 0 Å². The van der Waals surface area contributed by atoms with Crippen LogP contribution in [0.25, 0.3) is 0 Å². The second-order valence-corrected chi connectivity index (χ2v) is 6.55. The molecule has 1 atom stereocenters. The number of ketones is 1. The van der Waals surface area contributed by atoms with Crippen molar-refractivity contribution in [2.24, 2.45) is 4.99 Å². The van der Waals surface area contributed by atoms with Crippen LogP contribution in [0.1, 0.15) is 27.7 Å². The molecule has 28 heavy (non-hydrogen) atoms. The summed E-state index contributed by atoms with van der Waals surface area (Å²) in [6, 6.07) is 11.9. The minimum atomic E-state index is -0.841. The van der Waals surface area contributed by atoms with Gasteiger partial charge in [-0.3, -0.25) is 14.9 Å². The number of nitro benzene ring substituents is 1. The van der Waals surface area contributed by atoms with Crippen LogP contribution in [0.3, 0.4) is 0 Å². The predicted octanol–water partition coefficient (Wildman–Crippen LogP) is 3.35. The molecule has 3 aromatic rings. The number of nitro groups is 1. The highest BCUT2D eigenvalue weighted by Gasteiger charge is 2.28. The number of rotatable bonds is 7. The smallest absolute Gasteiger partial charge is 0.269 e. The van der Waals surface area contributed by atoms with Gasteiger partial charge in [0.05, 0.1) is 17.7 Å². The molecule has 0 unspecified atom stereocenters. The molecule has 0 fully saturated rings. The topological polar surface area (TPSA) is 89.6 Å². The van der Waals surface area contributed by atoms with Crippen molar-refractivity contribution in [2.45, 2.75) is 19.5 Å². The van der Waals surface area contributed by atoms with Crippen LogP contribution in [0.15, 0.2) is 76.6 Å². The Bertz CT molecular complexity index is 1010. The van der Waals surface area contributed by atoms with E-state index in [0.29, 0.717) is 11.3 Å². The van der Waals surface area contributed by atoms with Crippen LogP contribution in [-0.2, 0) is 19.2 Å². The van der Waals surface area contributed by atoms with E-state index in [2.05, 4.69) is 4.99 Å². The van der Waals surface area contributed by atoms with Crippen LogP contribution in [0, 0.1) is 17.0 Å². The maximum atomic E-state index is 13.2. The third-order valence-electron chi connectivity index (χ3n) is 4.08. The normalized spacial score (nSPS) is 12.5. The van der Waals surface area contributed by atoms with Gasteiger partial charge in [0.25, 0.3) is 5.69 Å². The van der Waals surface area contributed by atoms with Gasteiger partial charge in [-0.05, 0) is 42.3 Å². The molecule has 0 aliphatic rings. The van der Waals surface area contributed by atoms with Gasteiger partial charge in [-0.2, -0.15) is 4.57 Å². The number of non-ortho nitro benzene ring substituents is 1. The fourth-order valence-electron chi connectivity index (χ4n) is 2.70. The van der Waals surface area contributed by atoms with E-state index in [9.17, 15) is 14.9 Å². The average molecular weight is 395 g/mol. The van der Waals surface area contributed by atoms with E-state index < -0.39 is 11.0 Å². The van der Waals surface area contributed by atoms with Gasteiger partial charge in [-0.15, -0.1) is 0 Å². The molecule has 8 heteroatoms. The molecular formula is C20H17N3O4S. The molecule has 0 saturated heterocycles. The van der Waals surface area contributed by atoms with Gasteiger partial charge < -0.3 is 22.0 Å². The Hall–Kier alpha value is -3.39. The summed E-state index contributed by atoms with van der Waals surface area (Å²) >= 11 is 5.46. The van der Waals surface area contributed by atoms with Crippen molar-refractivity contribution in [1.29, 1.82) is 0 Å². The summed E-state index contributed by atoms with van der Waals surface area (Å²) in [7, 11) is 0. The number of carbonyl (C=O) groups is 1. The fourth-order valence-corrected chi connectivity index (χ4v) is 2.99. The molecule has 0 N–H and O–H groups in total. The fraction of sp³-hybridized carbons (Fsp3) is 0.150. The maximum absolute atomic E-state index is 13.2. The Morgan fingerprint density at radius 3 is 2.61 bits per heavy atom. The predicted molar refractivity (Wildman–Crippen MR) is 105 cm³/mol. The number of pyridine rings is 1. The van der Waals surface area contributed by atoms with E-state index in [4.69, 9.17) is 17.0 Å². The van der Waals surface area contributed by atoms with E-state index in [1.54, 1.807) is 29.2 Å². The lowest BCUT2D eigenvalue weighted by Gasteiger charge is -2.18. The molecule has 0 radical (unpaired) electrons. The Kier molecular flexibility index (Phi) is 5.90. The Morgan fingerprint density at radius 2 is 2.00 bits per heavy atom. The lowest BCUT2D eigenvalue weighted by molar-refractivity contribution is -0.692. The molecule has 3 rings (SSSR count). The molecular weight excluding hydrogens is 378 g/mol. The van der Waals surface area contributed by atoms with E-state index in [0.717, 1.165) is 5.56 Å². The summed E-state index contributed by atoms with van der Waals surface area (Å²) in [6.07, 6.45) is 5.10. The van der Waals surface area contributed by atoms with Gasteiger partial charge in [0.15, 0.2) is 12.4 Å². The van der Waals surface area contributed by atoms with Gasteiger partial charge in [0.2, 0.25) is 11.8 Å². The van der Waals surface area contributed by atoms with Crippen LogP contribution < -0.4 is 4.57 Å². The minimum Gasteiger partial charge on any atom is -0.758 e. The van der Waals surface area contributed by atoms with Crippen molar-refractivity contribution in [3.8, 4) is 0 Å². The largest absolute Gasteiger partial charge is 0.758 e. The molecule has 0 bridgehead atoms. The van der Waals surface area contributed by atoms with Gasteiger partial charge >= 0.3 is 0 Å². The number of aliphatic imine (C=N–C) groups is 1. The summed E-state index contributed by atoms with van der Waals surface area (Å²) in [6.45, 7) is 2.13. The van der Waals surface area contributed by atoms with Crippen molar-refractivity contribution < 1.29 is 18.7 Å². The van der Waals surface area contributed by atoms with E-state index >= 15 is 0 Å². The summed E-state index contributed by atoms with van der Waals surface area (Å²) in [5.41, 5.74) is 1.19. The van der Waals surface area contributed by atoms with Gasteiger partial charge in [0, 0.05) is 29.3 Å². The Morgan fingerprint density at radius 1 is 1.25 bits per heavy atom. The zero-order chi connectivity index (χ0) is 20.1. The molecule has 0 amide bonds. The summed E-state index contributed by atoms with van der Waals surface area (Å²) in [5, 5.41) is 11.1. The second-order valence-electron chi connectivity index (χ2n) is 6.13. The number of hydrogen-bond acceptors (Lipinski definition) is 6. The highest BCUT2D eigenvalue weighted by molar-refractivity contribution is 7.77. The van der Waals surface area contributed by atoms with Crippen LogP contribution in [0.5, 0.6) is 0 Å². The molecule has 2 heterocycles. The average Bonchev–Trinajstić information content (AvgIpc) is 3.20. The van der Waals surface area contributed by atoms with Crippen molar-refractivity contribution in [3.05, 3.63) is 94.2 Å². The first-order valence-electron chi connectivity index (χ1n) is 8.45. The molecule has 1 aromatic carbocycles. The maximum Gasteiger partial charge on any atom is 0.269 e. The van der Waals surface area contributed by atoms with Gasteiger partial charge in [0.1, 0.15) is 5.76 Å². The first-order valence-corrected chi connectivity index (χ1v) is 8.86. The van der Waals surface area contributed by atoms with E-state index in [1.807, 2.05) is 25.3 Å². The van der Waals surface area contributed by atoms with Gasteiger partial charge in [-0.25, -0.2) is 0 Å². The quantitative estimate of drug-likeness (QED) is 0.116. The molecule has 7 nitrogen and oxygen atoms in total. The zero-order valence-electron chi connectivity index (χ0n) is 15.0. The number of carbonyl (C=O) groups excluding carboxylic acids is 1. The SMILES string of the molecule is Cc1ccc[n+]([C@H](C(=O)c2ccc([N+](=O)[O-])cc2)C([S-])=NCc2ccco2)c1. The minimum absolute atomic E-state index is 0.0820. The first-order chi connectivity index (χ1) is 13.5. The molecule has 142 valence electrons. The number of Topliss-reactive ketones (excluding diaryl/α,β-unsaturated/α-hetero) is 1. The Balaban J connectivity index is 1.96. The lowest BCUT2D eigenvalue weighted by Crippen LogP contribution is -2.47. The summed E-state index contributed by atoms with van der Waals surface area (Å²) in [5.74, 6) is 0.344. The van der Waals surface area contributed by atoms with Crippen LogP contribution in [-0.4, -0.2) is 15.8 Å². The van der Waals surface area contributed by atoms with Crippen molar-refractivity contribution in [2.75, 3.05) is 0 Å². The van der Waals surface area contributed by atoms with Gasteiger partial charge in [-0.1, -0.05) is 0 Å². The Labute approximate surface area is 166 Å². The molecule has 2 aromatic heterocycles. The molecule has 0 saturated carbocycles. The number of aryl methyl sites for hydroxylation is 1.